The Labute approximate surface area is 167 Å². The van der Waals surface area contributed by atoms with Gasteiger partial charge in [0.25, 0.3) is 0 Å². The molecule has 1 aromatic heterocycles. The van der Waals surface area contributed by atoms with Crippen LogP contribution in [0.4, 0.5) is 4.79 Å². The van der Waals surface area contributed by atoms with Gasteiger partial charge in [0, 0.05) is 24.0 Å². The summed E-state index contributed by atoms with van der Waals surface area (Å²) in [5, 5.41) is 12.8. The summed E-state index contributed by atoms with van der Waals surface area (Å²) in [5.41, 5.74) is 1.19. The van der Waals surface area contributed by atoms with Crippen LogP contribution in [-0.2, 0) is 4.74 Å². The maximum atomic E-state index is 12.0. The van der Waals surface area contributed by atoms with E-state index in [9.17, 15) is 14.7 Å². The van der Waals surface area contributed by atoms with Gasteiger partial charge in [-0.15, -0.1) is 11.3 Å². The van der Waals surface area contributed by atoms with Crippen molar-refractivity contribution in [1.82, 2.24) is 4.90 Å². The number of hydrogen-bond acceptors (Lipinski definition) is 6. The minimum atomic E-state index is -1.25. The summed E-state index contributed by atoms with van der Waals surface area (Å²) < 4.78 is 10.6. The summed E-state index contributed by atoms with van der Waals surface area (Å²) in [6.45, 7) is 6.42. The first-order valence-electron chi connectivity index (χ1n) is 7.27. The zero-order chi connectivity index (χ0) is 17.2. The third-order valence-electron chi connectivity index (χ3n) is 3.34. The van der Waals surface area contributed by atoms with Gasteiger partial charge in [-0.25, -0.2) is 4.79 Å². The van der Waals surface area contributed by atoms with Crippen molar-refractivity contribution in [3.63, 3.8) is 0 Å². The normalized spacial score (nSPS) is 14.5. The Bertz CT molecular complexity index is 647. The van der Waals surface area contributed by atoms with E-state index in [0.717, 1.165) is 22.5 Å². The molecule has 126 valence electrons. The van der Waals surface area contributed by atoms with Crippen LogP contribution in [0.25, 0.3) is 5.57 Å². The van der Waals surface area contributed by atoms with Gasteiger partial charge < -0.3 is 24.3 Å². The van der Waals surface area contributed by atoms with Gasteiger partial charge in [0.2, 0.25) is 0 Å². The van der Waals surface area contributed by atoms with Crippen LogP contribution >= 0.6 is 11.3 Å². The number of carboxylic acid groups (broad SMARTS) is 1. The van der Waals surface area contributed by atoms with Crippen molar-refractivity contribution in [2.45, 2.75) is 32.8 Å². The molecule has 0 spiro atoms. The minimum absolute atomic E-state index is 0. The topological polar surface area (TPSA) is 78.9 Å². The Kier molecular flexibility index (Phi) is 7.34. The van der Waals surface area contributed by atoms with Crippen molar-refractivity contribution in [3.8, 4) is 5.75 Å². The molecule has 1 amide bonds. The fraction of sp³-hybridized carbons (Fsp3) is 0.500. The van der Waals surface area contributed by atoms with Gasteiger partial charge in [0.05, 0.1) is 18.0 Å². The molecule has 1 aliphatic rings. The monoisotopic (exact) mass is 361 g/mol. The standard InChI is InChI=1S/C16H21NO5S.Na/c1-16(2,3)22-15(20)17-7-5-10(6-8-17)11-9-23-13(14(18)19)12(11)21-4;/h5,9H,6-8H2,1-4H3,(H,18,19);/q;+1/p-1. The van der Waals surface area contributed by atoms with Gasteiger partial charge in [0.15, 0.2) is 0 Å². The maximum Gasteiger partial charge on any atom is 1.00 e. The first kappa shape index (κ1) is 21.0. The molecule has 1 aromatic rings. The average Bonchev–Trinajstić information content (AvgIpc) is 2.89. The Morgan fingerprint density at radius 3 is 2.46 bits per heavy atom. The second-order valence-corrected chi connectivity index (χ2v) is 7.08. The Morgan fingerprint density at radius 2 is 2.00 bits per heavy atom. The number of ether oxygens (including phenoxy) is 2. The number of hydrogen-bond donors (Lipinski definition) is 0. The number of nitrogens with zero attached hydrogens (tertiary/aromatic N) is 1. The second kappa shape index (κ2) is 8.38. The second-order valence-electron chi connectivity index (χ2n) is 6.20. The van der Waals surface area contributed by atoms with Crippen LogP contribution in [0.1, 0.15) is 42.4 Å². The number of carbonyl (C=O) groups excluding carboxylic acids is 2. The number of aromatic carboxylic acids is 1. The van der Waals surface area contributed by atoms with Gasteiger partial charge in [-0.3, -0.25) is 0 Å². The summed E-state index contributed by atoms with van der Waals surface area (Å²) in [7, 11) is 1.44. The van der Waals surface area contributed by atoms with Crippen LogP contribution in [0, 0.1) is 0 Å². The summed E-state index contributed by atoms with van der Waals surface area (Å²) in [4.78, 5) is 24.8. The van der Waals surface area contributed by atoms with E-state index in [1.54, 1.807) is 10.3 Å². The average molecular weight is 361 g/mol. The van der Waals surface area contributed by atoms with E-state index in [1.807, 2.05) is 26.8 Å². The fourth-order valence-electron chi connectivity index (χ4n) is 2.32. The largest absolute Gasteiger partial charge is 1.00 e. The van der Waals surface area contributed by atoms with Crippen LogP contribution in [0.2, 0.25) is 0 Å². The molecule has 0 aromatic carbocycles. The number of methoxy groups -OCH3 is 1. The molecule has 0 unspecified atom stereocenters. The minimum Gasteiger partial charge on any atom is -0.544 e. The van der Waals surface area contributed by atoms with E-state index >= 15 is 0 Å². The summed E-state index contributed by atoms with van der Waals surface area (Å²) in [6.07, 6.45) is 2.16. The van der Waals surface area contributed by atoms with Gasteiger partial charge in [-0.1, -0.05) is 6.08 Å². The molecule has 24 heavy (non-hydrogen) atoms. The summed E-state index contributed by atoms with van der Waals surface area (Å²) >= 11 is 1.08. The zero-order valence-electron chi connectivity index (χ0n) is 14.7. The third kappa shape index (κ3) is 4.99. The molecule has 0 N–H and O–H groups in total. The van der Waals surface area contributed by atoms with E-state index < -0.39 is 11.6 Å². The van der Waals surface area contributed by atoms with Gasteiger partial charge in [-0.2, -0.15) is 0 Å². The van der Waals surface area contributed by atoms with Crippen molar-refractivity contribution in [3.05, 3.63) is 21.9 Å². The van der Waals surface area contributed by atoms with E-state index in [1.165, 1.54) is 7.11 Å². The van der Waals surface area contributed by atoms with E-state index in [0.29, 0.717) is 25.3 Å². The van der Waals surface area contributed by atoms with Crippen molar-refractivity contribution in [2.24, 2.45) is 0 Å². The molecule has 0 aliphatic carbocycles. The molecule has 2 rings (SSSR count). The predicted molar refractivity (Wildman–Crippen MR) is 85.6 cm³/mol. The summed E-state index contributed by atoms with van der Waals surface area (Å²) in [6, 6.07) is 0. The molecule has 0 saturated carbocycles. The molecule has 2 heterocycles. The Balaban J connectivity index is 0.00000288. The molecule has 6 nitrogen and oxygen atoms in total. The SMILES string of the molecule is COc1c(C2=CCN(C(=O)OC(C)(C)C)CC2)csc1C(=O)[O-].[Na+]. The first-order valence-corrected chi connectivity index (χ1v) is 8.15. The van der Waals surface area contributed by atoms with Crippen molar-refractivity contribution in [1.29, 1.82) is 0 Å². The molecule has 0 radical (unpaired) electrons. The number of amides is 1. The first-order chi connectivity index (χ1) is 10.7. The number of carboxylic acids is 1. The van der Waals surface area contributed by atoms with Crippen LogP contribution in [0.15, 0.2) is 11.5 Å². The molecular weight excluding hydrogens is 341 g/mol. The Hall–Kier alpha value is -1.02. The molecule has 8 heteroatoms. The van der Waals surface area contributed by atoms with E-state index in [2.05, 4.69) is 0 Å². The smallest absolute Gasteiger partial charge is 0.544 e. The van der Waals surface area contributed by atoms with Gasteiger partial charge in [0.1, 0.15) is 11.4 Å². The van der Waals surface area contributed by atoms with Crippen molar-refractivity contribution < 1.29 is 53.7 Å². The number of rotatable bonds is 3. The Morgan fingerprint density at radius 1 is 1.33 bits per heavy atom. The zero-order valence-corrected chi connectivity index (χ0v) is 17.5. The predicted octanol–water partition coefficient (Wildman–Crippen LogP) is -0.852. The van der Waals surface area contributed by atoms with Gasteiger partial charge in [-0.05, 0) is 32.8 Å². The fourth-order valence-corrected chi connectivity index (χ4v) is 3.21. The number of carbonyl (C=O) groups is 2. The molecule has 0 bridgehead atoms. The quantitative estimate of drug-likeness (QED) is 0.655. The van der Waals surface area contributed by atoms with Crippen molar-refractivity contribution in [2.75, 3.05) is 20.2 Å². The molecule has 0 atom stereocenters. The summed E-state index contributed by atoms with van der Waals surface area (Å²) in [5.74, 6) is -0.920. The van der Waals surface area contributed by atoms with E-state index in [4.69, 9.17) is 9.47 Å². The van der Waals surface area contributed by atoms with Crippen LogP contribution in [-0.4, -0.2) is 42.8 Å². The van der Waals surface area contributed by atoms with Crippen molar-refractivity contribution >= 4 is 29.0 Å². The molecule has 1 aliphatic heterocycles. The molecule has 0 fully saturated rings. The number of thiophene rings is 1. The molecule has 0 saturated heterocycles. The van der Waals surface area contributed by atoms with E-state index in [-0.39, 0.29) is 40.5 Å². The maximum absolute atomic E-state index is 12.0. The van der Waals surface area contributed by atoms with Gasteiger partial charge >= 0.3 is 35.7 Å². The third-order valence-corrected chi connectivity index (χ3v) is 4.28. The van der Waals surface area contributed by atoms with Crippen LogP contribution in [0.3, 0.4) is 0 Å². The molecular formula is C16H20NNaO5S. The van der Waals surface area contributed by atoms with Crippen LogP contribution < -0.4 is 39.4 Å². The van der Waals surface area contributed by atoms with Crippen LogP contribution in [0.5, 0.6) is 5.75 Å².